The molecule has 0 radical (unpaired) electrons. The van der Waals surface area contributed by atoms with Gasteiger partial charge in [-0.15, -0.1) is 0 Å². The lowest BCUT2D eigenvalue weighted by Crippen LogP contribution is -2.36. The summed E-state index contributed by atoms with van der Waals surface area (Å²) in [4.78, 5) is 2.43. The van der Waals surface area contributed by atoms with Crippen molar-refractivity contribution in [1.29, 1.82) is 0 Å². The van der Waals surface area contributed by atoms with Gasteiger partial charge in [-0.25, -0.2) is 0 Å². The minimum Gasteiger partial charge on any atom is -0.399 e. The molecule has 0 saturated heterocycles. The number of hydrogen-bond donors (Lipinski definition) is 2. The Kier molecular flexibility index (Phi) is 6.76. The van der Waals surface area contributed by atoms with Crippen molar-refractivity contribution in [2.75, 3.05) is 31.9 Å². The van der Waals surface area contributed by atoms with Gasteiger partial charge in [0.1, 0.15) is 0 Å². The molecule has 0 bridgehead atoms. The van der Waals surface area contributed by atoms with Gasteiger partial charge in [0.15, 0.2) is 0 Å². The van der Waals surface area contributed by atoms with Gasteiger partial charge in [-0.2, -0.15) is 0 Å². The third-order valence-corrected chi connectivity index (χ3v) is 3.34. The van der Waals surface area contributed by atoms with Gasteiger partial charge in [0, 0.05) is 24.8 Å². The lowest BCUT2D eigenvalue weighted by molar-refractivity contribution is 0.297. The van der Waals surface area contributed by atoms with Gasteiger partial charge in [-0.05, 0) is 44.1 Å². The van der Waals surface area contributed by atoms with Gasteiger partial charge >= 0.3 is 0 Å². The predicted octanol–water partition coefficient (Wildman–Crippen LogP) is 2.13. The Morgan fingerprint density at radius 2 is 1.78 bits per heavy atom. The van der Waals surface area contributed by atoms with Crippen LogP contribution in [-0.2, 0) is 6.42 Å². The zero-order valence-corrected chi connectivity index (χ0v) is 11.9. The van der Waals surface area contributed by atoms with E-state index in [0.29, 0.717) is 6.04 Å². The molecule has 0 aliphatic heterocycles. The van der Waals surface area contributed by atoms with Crippen LogP contribution >= 0.6 is 0 Å². The summed E-state index contributed by atoms with van der Waals surface area (Å²) in [6.45, 7) is 11.1. The molecule has 1 atom stereocenters. The molecule has 1 unspecified atom stereocenters. The number of likely N-dealkylation sites (N-methyl/N-ethyl adjacent to an activating group) is 1. The number of nitrogens with zero attached hydrogens (tertiary/aromatic N) is 1. The molecule has 18 heavy (non-hydrogen) atoms. The maximum Gasteiger partial charge on any atom is 0.0314 e. The number of rotatable bonds is 8. The van der Waals surface area contributed by atoms with Crippen LogP contribution in [0.4, 0.5) is 5.69 Å². The summed E-state index contributed by atoms with van der Waals surface area (Å²) in [6, 6.07) is 8.66. The molecule has 1 rings (SSSR count). The highest BCUT2D eigenvalue weighted by atomic mass is 15.1. The monoisotopic (exact) mass is 249 g/mol. The normalized spacial score (nSPS) is 12.9. The number of nitrogens with one attached hydrogen (secondary N) is 1. The topological polar surface area (TPSA) is 41.3 Å². The SMILES string of the molecule is CCN(CC)CCNC(C)Cc1ccc(N)cc1. The van der Waals surface area contributed by atoms with Crippen LogP contribution in [0.2, 0.25) is 0 Å². The molecule has 0 aliphatic rings. The second kappa shape index (κ2) is 8.11. The van der Waals surface area contributed by atoms with Crippen molar-refractivity contribution < 1.29 is 0 Å². The van der Waals surface area contributed by atoms with E-state index in [0.717, 1.165) is 38.3 Å². The van der Waals surface area contributed by atoms with E-state index in [1.54, 1.807) is 0 Å². The largest absolute Gasteiger partial charge is 0.399 e. The van der Waals surface area contributed by atoms with E-state index in [9.17, 15) is 0 Å². The smallest absolute Gasteiger partial charge is 0.0314 e. The van der Waals surface area contributed by atoms with E-state index in [1.807, 2.05) is 12.1 Å². The third-order valence-electron chi connectivity index (χ3n) is 3.34. The van der Waals surface area contributed by atoms with Crippen LogP contribution in [0, 0.1) is 0 Å². The molecule has 0 aliphatic carbocycles. The molecule has 102 valence electrons. The van der Waals surface area contributed by atoms with Gasteiger partial charge < -0.3 is 16.0 Å². The van der Waals surface area contributed by atoms with Crippen molar-refractivity contribution in [1.82, 2.24) is 10.2 Å². The lowest BCUT2D eigenvalue weighted by Gasteiger charge is -2.20. The van der Waals surface area contributed by atoms with Crippen molar-refractivity contribution in [3.05, 3.63) is 29.8 Å². The molecule has 0 heterocycles. The maximum atomic E-state index is 5.68. The molecule has 0 fully saturated rings. The van der Waals surface area contributed by atoms with Crippen LogP contribution in [0.1, 0.15) is 26.3 Å². The van der Waals surface area contributed by atoms with Crippen LogP contribution in [0.15, 0.2) is 24.3 Å². The average Bonchev–Trinajstić information content (AvgIpc) is 2.37. The summed E-state index contributed by atoms with van der Waals surface area (Å²) in [5.41, 5.74) is 7.85. The van der Waals surface area contributed by atoms with E-state index >= 15 is 0 Å². The first-order valence-electron chi connectivity index (χ1n) is 6.95. The Balaban J connectivity index is 2.25. The predicted molar refractivity (Wildman–Crippen MR) is 79.8 cm³/mol. The lowest BCUT2D eigenvalue weighted by atomic mass is 10.1. The fourth-order valence-corrected chi connectivity index (χ4v) is 2.09. The second-order valence-electron chi connectivity index (χ2n) is 4.83. The Hall–Kier alpha value is -1.06. The fraction of sp³-hybridized carbons (Fsp3) is 0.600. The highest BCUT2D eigenvalue weighted by Gasteiger charge is 2.04. The van der Waals surface area contributed by atoms with E-state index in [4.69, 9.17) is 5.73 Å². The number of nitrogens with two attached hydrogens (primary N) is 1. The molecule has 0 amide bonds. The van der Waals surface area contributed by atoms with E-state index in [1.165, 1.54) is 5.56 Å². The van der Waals surface area contributed by atoms with Gasteiger partial charge in [-0.3, -0.25) is 0 Å². The van der Waals surface area contributed by atoms with Crippen molar-refractivity contribution >= 4 is 5.69 Å². The molecule has 3 N–H and O–H groups in total. The molecular formula is C15H27N3. The van der Waals surface area contributed by atoms with Crippen LogP contribution in [-0.4, -0.2) is 37.1 Å². The van der Waals surface area contributed by atoms with E-state index < -0.39 is 0 Å². The van der Waals surface area contributed by atoms with Crippen molar-refractivity contribution in [3.63, 3.8) is 0 Å². The number of hydrogen-bond acceptors (Lipinski definition) is 3. The van der Waals surface area contributed by atoms with Crippen LogP contribution < -0.4 is 11.1 Å². The molecule has 0 spiro atoms. The highest BCUT2D eigenvalue weighted by Crippen LogP contribution is 2.07. The summed E-state index contributed by atoms with van der Waals surface area (Å²) >= 11 is 0. The average molecular weight is 249 g/mol. The minimum atomic E-state index is 0.504. The van der Waals surface area contributed by atoms with Crippen molar-refractivity contribution in [2.24, 2.45) is 0 Å². The number of benzene rings is 1. The van der Waals surface area contributed by atoms with Gasteiger partial charge in [0.05, 0.1) is 0 Å². The quantitative estimate of drug-likeness (QED) is 0.694. The summed E-state index contributed by atoms with van der Waals surface area (Å²) in [7, 11) is 0. The molecule has 0 saturated carbocycles. The van der Waals surface area contributed by atoms with E-state index in [-0.39, 0.29) is 0 Å². The van der Waals surface area contributed by atoms with Gasteiger partial charge in [0.25, 0.3) is 0 Å². The van der Waals surface area contributed by atoms with Crippen LogP contribution in [0.5, 0.6) is 0 Å². The maximum absolute atomic E-state index is 5.68. The molecule has 3 nitrogen and oxygen atoms in total. The summed E-state index contributed by atoms with van der Waals surface area (Å²) in [5.74, 6) is 0. The Morgan fingerprint density at radius 3 is 2.33 bits per heavy atom. The molecule has 1 aromatic carbocycles. The molecule has 3 heteroatoms. The summed E-state index contributed by atoms with van der Waals surface area (Å²) in [6.07, 6.45) is 1.05. The first-order chi connectivity index (χ1) is 8.65. The van der Waals surface area contributed by atoms with E-state index in [2.05, 4.69) is 43.1 Å². The Bertz CT molecular complexity index is 317. The van der Waals surface area contributed by atoms with Crippen molar-refractivity contribution in [3.8, 4) is 0 Å². The molecule has 0 aromatic heterocycles. The Morgan fingerprint density at radius 1 is 1.17 bits per heavy atom. The van der Waals surface area contributed by atoms with Gasteiger partial charge in [-0.1, -0.05) is 26.0 Å². The standard InChI is InChI=1S/C15H27N3/c1-4-18(5-2)11-10-17-13(3)12-14-6-8-15(16)9-7-14/h6-9,13,17H,4-5,10-12,16H2,1-3H3. The second-order valence-corrected chi connectivity index (χ2v) is 4.83. The summed E-state index contributed by atoms with van der Waals surface area (Å²) in [5, 5.41) is 3.57. The van der Waals surface area contributed by atoms with Gasteiger partial charge in [0.2, 0.25) is 0 Å². The number of nitrogen functional groups attached to an aromatic ring is 1. The fourth-order valence-electron chi connectivity index (χ4n) is 2.09. The van der Waals surface area contributed by atoms with Crippen LogP contribution in [0.25, 0.3) is 0 Å². The number of anilines is 1. The summed E-state index contributed by atoms with van der Waals surface area (Å²) < 4.78 is 0. The Labute approximate surface area is 111 Å². The van der Waals surface area contributed by atoms with Crippen molar-refractivity contribution in [2.45, 2.75) is 33.2 Å². The first kappa shape index (κ1) is 15.0. The first-order valence-corrected chi connectivity index (χ1v) is 6.95. The molecule has 1 aromatic rings. The minimum absolute atomic E-state index is 0.504. The third kappa shape index (κ3) is 5.52. The molecular weight excluding hydrogens is 222 g/mol. The zero-order valence-electron chi connectivity index (χ0n) is 11.9. The van der Waals surface area contributed by atoms with Crippen LogP contribution in [0.3, 0.4) is 0 Å². The highest BCUT2D eigenvalue weighted by molar-refractivity contribution is 5.39. The zero-order chi connectivity index (χ0) is 13.4.